The fraction of sp³-hybridized carbons (Fsp3) is 0.0870. The molecule has 26 heavy (non-hydrogen) atoms. The highest BCUT2D eigenvalue weighted by Crippen LogP contribution is 2.34. The lowest BCUT2D eigenvalue weighted by Gasteiger charge is -2.17. The number of pyridine rings is 1. The summed E-state index contributed by atoms with van der Waals surface area (Å²) < 4.78 is 7.37. The number of ether oxygens (including phenoxy) is 1. The number of hydrogen-bond acceptors (Lipinski definition) is 2. The second-order valence-corrected chi connectivity index (χ2v) is 6.17. The molecular formula is C23H19NO2. The molecule has 4 rings (SSSR count). The van der Waals surface area contributed by atoms with Crippen molar-refractivity contribution in [3.63, 3.8) is 0 Å². The van der Waals surface area contributed by atoms with E-state index in [0.717, 1.165) is 27.6 Å². The molecule has 0 bridgehead atoms. The summed E-state index contributed by atoms with van der Waals surface area (Å²) in [5.41, 5.74) is 3.69. The molecule has 1 heterocycles. The quantitative estimate of drug-likeness (QED) is 0.537. The molecule has 0 aliphatic rings. The van der Waals surface area contributed by atoms with Gasteiger partial charge in [-0.05, 0) is 17.2 Å². The van der Waals surface area contributed by atoms with Crippen molar-refractivity contribution in [2.75, 3.05) is 7.11 Å². The van der Waals surface area contributed by atoms with Crippen LogP contribution in [-0.2, 0) is 6.54 Å². The average molecular weight is 341 g/mol. The van der Waals surface area contributed by atoms with Gasteiger partial charge in [-0.15, -0.1) is 0 Å². The van der Waals surface area contributed by atoms with Gasteiger partial charge < -0.3 is 9.30 Å². The van der Waals surface area contributed by atoms with E-state index in [2.05, 4.69) is 0 Å². The van der Waals surface area contributed by atoms with Crippen molar-refractivity contribution in [2.24, 2.45) is 0 Å². The van der Waals surface area contributed by atoms with Crippen LogP contribution in [0.1, 0.15) is 5.56 Å². The maximum atomic E-state index is 13.3. The van der Waals surface area contributed by atoms with Gasteiger partial charge in [0.25, 0.3) is 5.56 Å². The molecule has 0 atom stereocenters. The van der Waals surface area contributed by atoms with Gasteiger partial charge in [0.1, 0.15) is 0 Å². The van der Waals surface area contributed by atoms with Crippen LogP contribution in [0.2, 0.25) is 0 Å². The Labute approximate surface area is 152 Å². The van der Waals surface area contributed by atoms with Gasteiger partial charge >= 0.3 is 0 Å². The first-order valence-corrected chi connectivity index (χ1v) is 8.58. The zero-order chi connectivity index (χ0) is 17.9. The largest absolute Gasteiger partial charge is 0.491 e. The number of nitrogens with zero attached hydrogens (tertiary/aromatic N) is 1. The smallest absolute Gasteiger partial charge is 0.294 e. The molecule has 0 saturated heterocycles. The number of benzene rings is 3. The van der Waals surface area contributed by atoms with Crippen LogP contribution < -0.4 is 10.3 Å². The number of hydrogen-bond donors (Lipinski definition) is 0. The minimum Gasteiger partial charge on any atom is -0.491 e. The second kappa shape index (κ2) is 6.89. The summed E-state index contributed by atoms with van der Waals surface area (Å²) >= 11 is 0. The maximum absolute atomic E-state index is 13.3. The highest BCUT2D eigenvalue weighted by Gasteiger charge is 2.18. The third-order valence-corrected chi connectivity index (χ3v) is 4.58. The molecule has 0 aliphatic heterocycles. The van der Waals surface area contributed by atoms with Crippen LogP contribution in [-0.4, -0.2) is 11.7 Å². The molecule has 0 spiro atoms. The van der Waals surface area contributed by atoms with E-state index in [0.29, 0.717) is 12.3 Å². The predicted molar refractivity (Wildman–Crippen MR) is 106 cm³/mol. The Kier molecular flexibility index (Phi) is 4.28. The summed E-state index contributed by atoms with van der Waals surface area (Å²) in [5.74, 6) is 0.380. The van der Waals surface area contributed by atoms with Crippen molar-refractivity contribution in [1.82, 2.24) is 4.57 Å². The van der Waals surface area contributed by atoms with Crippen molar-refractivity contribution in [2.45, 2.75) is 6.54 Å². The van der Waals surface area contributed by atoms with Gasteiger partial charge in [0.05, 0.1) is 19.2 Å². The van der Waals surface area contributed by atoms with Crippen LogP contribution in [0.25, 0.3) is 22.0 Å². The molecule has 0 radical (unpaired) electrons. The van der Waals surface area contributed by atoms with Crippen LogP contribution in [0.15, 0.2) is 89.7 Å². The van der Waals surface area contributed by atoms with Crippen molar-refractivity contribution in [1.29, 1.82) is 0 Å². The van der Waals surface area contributed by atoms with Gasteiger partial charge in [-0.1, -0.05) is 78.9 Å². The summed E-state index contributed by atoms with van der Waals surface area (Å²) in [4.78, 5) is 13.3. The Morgan fingerprint density at radius 3 is 2.12 bits per heavy atom. The zero-order valence-corrected chi connectivity index (χ0v) is 14.6. The van der Waals surface area contributed by atoms with Crippen molar-refractivity contribution in [3.8, 4) is 16.9 Å². The zero-order valence-electron chi connectivity index (χ0n) is 14.6. The number of methoxy groups -OCH3 is 1. The van der Waals surface area contributed by atoms with Crippen molar-refractivity contribution >= 4 is 10.9 Å². The summed E-state index contributed by atoms with van der Waals surface area (Å²) in [6.07, 6.45) is 0. The average Bonchev–Trinajstić information content (AvgIpc) is 2.71. The van der Waals surface area contributed by atoms with E-state index in [4.69, 9.17) is 4.74 Å². The van der Waals surface area contributed by atoms with Crippen LogP contribution in [0.5, 0.6) is 5.75 Å². The second-order valence-electron chi connectivity index (χ2n) is 6.17. The third kappa shape index (κ3) is 2.78. The van der Waals surface area contributed by atoms with Gasteiger partial charge in [0.15, 0.2) is 5.75 Å². The van der Waals surface area contributed by atoms with E-state index in [9.17, 15) is 4.79 Å². The molecule has 3 nitrogen and oxygen atoms in total. The number of rotatable bonds is 4. The highest BCUT2D eigenvalue weighted by molar-refractivity contribution is 5.97. The minimum absolute atomic E-state index is 0.117. The molecule has 0 aliphatic carbocycles. The Bertz CT molecular complexity index is 1100. The summed E-state index contributed by atoms with van der Waals surface area (Å²) in [5, 5.41) is 1.01. The molecule has 128 valence electrons. The Balaban J connectivity index is 2.04. The highest BCUT2D eigenvalue weighted by atomic mass is 16.5. The maximum Gasteiger partial charge on any atom is 0.294 e. The van der Waals surface area contributed by atoms with E-state index < -0.39 is 0 Å². The van der Waals surface area contributed by atoms with E-state index in [1.807, 2.05) is 84.9 Å². The lowest BCUT2D eigenvalue weighted by atomic mass is 9.99. The lowest BCUT2D eigenvalue weighted by molar-refractivity contribution is 0.407. The first-order chi connectivity index (χ1) is 12.8. The summed E-state index contributed by atoms with van der Waals surface area (Å²) in [7, 11) is 1.56. The molecule has 0 amide bonds. The standard InChI is InChI=1S/C23H19NO2/c1-26-22-21(18-12-6-3-7-13-18)19-14-8-9-15-20(19)24(23(22)25)16-17-10-4-2-5-11-17/h2-15H,16H2,1H3. The third-order valence-electron chi connectivity index (χ3n) is 4.58. The molecule has 0 unspecified atom stereocenters. The van der Waals surface area contributed by atoms with E-state index >= 15 is 0 Å². The number of fused-ring (bicyclic) bond motifs is 1. The van der Waals surface area contributed by atoms with Gasteiger partial charge in [-0.25, -0.2) is 0 Å². The van der Waals surface area contributed by atoms with Crippen LogP contribution in [0.3, 0.4) is 0 Å². The predicted octanol–water partition coefficient (Wildman–Crippen LogP) is 4.73. The Morgan fingerprint density at radius 2 is 1.42 bits per heavy atom. The van der Waals surface area contributed by atoms with E-state index in [-0.39, 0.29) is 5.56 Å². The van der Waals surface area contributed by atoms with Crippen LogP contribution >= 0.6 is 0 Å². The van der Waals surface area contributed by atoms with Gasteiger partial charge in [0, 0.05) is 10.9 Å². The Morgan fingerprint density at radius 1 is 0.808 bits per heavy atom. The van der Waals surface area contributed by atoms with E-state index in [1.54, 1.807) is 11.7 Å². The fourth-order valence-electron chi connectivity index (χ4n) is 3.39. The van der Waals surface area contributed by atoms with Crippen molar-refractivity contribution < 1.29 is 4.74 Å². The first-order valence-electron chi connectivity index (χ1n) is 8.58. The Hall–Kier alpha value is -3.33. The van der Waals surface area contributed by atoms with Gasteiger partial charge in [0.2, 0.25) is 0 Å². The molecule has 0 N–H and O–H groups in total. The minimum atomic E-state index is -0.117. The molecule has 3 aromatic carbocycles. The topological polar surface area (TPSA) is 31.2 Å². The van der Waals surface area contributed by atoms with E-state index in [1.165, 1.54) is 0 Å². The molecular weight excluding hydrogens is 322 g/mol. The molecule has 3 heteroatoms. The van der Waals surface area contributed by atoms with Crippen LogP contribution in [0.4, 0.5) is 0 Å². The number of para-hydroxylation sites is 1. The SMILES string of the molecule is COc1c(-c2ccccc2)c2ccccc2n(Cc2ccccc2)c1=O. The molecule has 0 fully saturated rings. The van der Waals surface area contributed by atoms with Gasteiger partial charge in [-0.2, -0.15) is 0 Å². The number of aromatic nitrogens is 1. The van der Waals surface area contributed by atoms with Crippen LogP contribution in [0, 0.1) is 0 Å². The molecule has 0 saturated carbocycles. The lowest BCUT2D eigenvalue weighted by Crippen LogP contribution is -2.23. The first kappa shape index (κ1) is 16.2. The molecule has 4 aromatic rings. The molecule has 1 aromatic heterocycles. The monoisotopic (exact) mass is 341 g/mol. The summed E-state index contributed by atoms with van der Waals surface area (Å²) in [6.45, 7) is 0.506. The summed E-state index contributed by atoms with van der Waals surface area (Å²) in [6, 6.07) is 27.9. The fourth-order valence-corrected chi connectivity index (χ4v) is 3.39. The van der Waals surface area contributed by atoms with Gasteiger partial charge in [-0.3, -0.25) is 4.79 Å². The normalized spacial score (nSPS) is 10.8. The van der Waals surface area contributed by atoms with Crippen molar-refractivity contribution in [3.05, 3.63) is 101 Å².